The van der Waals surface area contributed by atoms with Gasteiger partial charge in [-0.25, -0.2) is 8.42 Å². The van der Waals surface area contributed by atoms with Gasteiger partial charge in [-0.1, -0.05) is 30.3 Å². The maximum Gasteiger partial charge on any atom is 0.244 e. The number of nitrogens with one attached hydrogen (secondary N) is 1. The molecule has 2 amide bonds. The molecule has 0 bridgehead atoms. The second-order valence-corrected chi connectivity index (χ2v) is 9.95. The van der Waals surface area contributed by atoms with Gasteiger partial charge in [-0.05, 0) is 57.5 Å². The molecule has 1 unspecified atom stereocenters. The Balaban J connectivity index is 2.34. The summed E-state index contributed by atoms with van der Waals surface area (Å²) >= 11 is 0. The maximum absolute atomic E-state index is 13.4. The van der Waals surface area contributed by atoms with Gasteiger partial charge in [0.15, 0.2) is 0 Å². The number of hydrogen-bond acceptors (Lipinski definition) is 5. The van der Waals surface area contributed by atoms with Gasteiger partial charge in [0.1, 0.15) is 18.3 Å². The molecule has 180 valence electrons. The van der Waals surface area contributed by atoms with Crippen molar-refractivity contribution in [1.29, 1.82) is 0 Å². The molecule has 0 radical (unpaired) electrons. The minimum Gasteiger partial charge on any atom is -0.494 e. The van der Waals surface area contributed by atoms with E-state index in [-0.39, 0.29) is 18.5 Å². The number of hydrogen-bond donors (Lipinski definition) is 1. The van der Waals surface area contributed by atoms with Crippen molar-refractivity contribution in [3.8, 4) is 5.75 Å². The molecule has 0 aliphatic carbocycles. The third-order valence-corrected chi connectivity index (χ3v) is 6.05. The molecule has 0 aliphatic rings. The van der Waals surface area contributed by atoms with Crippen LogP contribution in [-0.2, 0) is 26.2 Å². The van der Waals surface area contributed by atoms with Crippen LogP contribution in [0.1, 0.15) is 33.3 Å². The molecular formula is C24H33N3O5S. The van der Waals surface area contributed by atoms with Gasteiger partial charge in [-0.2, -0.15) is 0 Å². The van der Waals surface area contributed by atoms with E-state index in [9.17, 15) is 18.0 Å². The van der Waals surface area contributed by atoms with Gasteiger partial charge in [0.25, 0.3) is 0 Å². The summed E-state index contributed by atoms with van der Waals surface area (Å²) in [7, 11) is -3.77. The molecule has 8 nitrogen and oxygen atoms in total. The zero-order valence-corrected chi connectivity index (χ0v) is 20.6. The molecular weight excluding hydrogens is 442 g/mol. The Bertz CT molecular complexity index is 1020. The Hall–Kier alpha value is -3.07. The van der Waals surface area contributed by atoms with Crippen LogP contribution >= 0.6 is 0 Å². The summed E-state index contributed by atoms with van der Waals surface area (Å²) in [6.07, 6.45) is 1.05. The van der Waals surface area contributed by atoms with E-state index < -0.39 is 28.5 Å². The van der Waals surface area contributed by atoms with Gasteiger partial charge < -0.3 is 15.0 Å². The van der Waals surface area contributed by atoms with Crippen LogP contribution in [0.2, 0.25) is 0 Å². The van der Waals surface area contributed by atoms with Crippen molar-refractivity contribution in [2.75, 3.05) is 23.7 Å². The lowest BCUT2D eigenvalue weighted by molar-refractivity contribution is -0.139. The minimum atomic E-state index is -3.77. The summed E-state index contributed by atoms with van der Waals surface area (Å²) in [4.78, 5) is 27.5. The highest BCUT2D eigenvalue weighted by molar-refractivity contribution is 7.92. The number of rotatable bonds is 11. The van der Waals surface area contributed by atoms with Gasteiger partial charge in [0.05, 0.1) is 18.6 Å². The maximum atomic E-state index is 13.4. The van der Waals surface area contributed by atoms with Crippen molar-refractivity contribution in [3.05, 3.63) is 60.2 Å². The Kier molecular flexibility index (Phi) is 9.28. The van der Waals surface area contributed by atoms with E-state index in [2.05, 4.69) is 5.32 Å². The quantitative estimate of drug-likeness (QED) is 0.539. The molecule has 9 heteroatoms. The van der Waals surface area contributed by atoms with E-state index in [4.69, 9.17) is 4.74 Å². The van der Waals surface area contributed by atoms with E-state index in [0.717, 1.165) is 16.1 Å². The summed E-state index contributed by atoms with van der Waals surface area (Å²) in [5, 5.41) is 2.82. The Morgan fingerprint density at radius 3 is 2.12 bits per heavy atom. The van der Waals surface area contributed by atoms with Crippen LogP contribution < -0.4 is 14.4 Å². The van der Waals surface area contributed by atoms with E-state index in [1.165, 1.54) is 4.90 Å². The predicted molar refractivity (Wildman–Crippen MR) is 130 cm³/mol. The van der Waals surface area contributed by atoms with Gasteiger partial charge in [-0.15, -0.1) is 0 Å². The largest absolute Gasteiger partial charge is 0.494 e. The van der Waals surface area contributed by atoms with E-state index in [0.29, 0.717) is 18.0 Å². The van der Waals surface area contributed by atoms with Crippen LogP contribution in [-0.4, -0.2) is 56.6 Å². The molecule has 2 aromatic rings. The number of nitrogens with zero attached hydrogens (tertiary/aromatic N) is 2. The molecule has 0 spiro atoms. The van der Waals surface area contributed by atoms with Crippen LogP contribution in [0.3, 0.4) is 0 Å². The van der Waals surface area contributed by atoms with Gasteiger partial charge >= 0.3 is 0 Å². The van der Waals surface area contributed by atoms with E-state index in [1.54, 1.807) is 31.2 Å². The molecule has 33 heavy (non-hydrogen) atoms. The van der Waals surface area contributed by atoms with E-state index >= 15 is 0 Å². The molecule has 0 heterocycles. The topological polar surface area (TPSA) is 96.0 Å². The molecule has 0 saturated carbocycles. The lowest BCUT2D eigenvalue weighted by atomic mass is 10.1. The van der Waals surface area contributed by atoms with Crippen molar-refractivity contribution in [2.45, 2.75) is 46.3 Å². The van der Waals surface area contributed by atoms with Gasteiger partial charge in [0, 0.05) is 12.6 Å². The van der Waals surface area contributed by atoms with Crippen LogP contribution in [0.15, 0.2) is 54.6 Å². The summed E-state index contributed by atoms with van der Waals surface area (Å²) in [6, 6.07) is 14.9. The van der Waals surface area contributed by atoms with Crippen molar-refractivity contribution in [1.82, 2.24) is 10.2 Å². The summed E-state index contributed by atoms with van der Waals surface area (Å²) in [5.74, 6) is -0.184. The standard InChI is InChI=1S/C24H33N3O5S/c1-6-32-22-14-12-21(13-15-22)27(33(5,30)31)17-23(28)26(16-20-10-8-7-9-11-20)19(4)24(29)25-18(2)3/h7-15,18-19H,6,16-17H2,1-5H3,(H,25,29). The third kappa shape index (κ3) is 7.78. The van der Waals surface area contributed by atoms with Gasteiger partial charge in [-0.3, -0.25) is 13.9 Å². The summed E-state index contributed by atoms with van der Waals surface area (Å²) < 4.78 is 31.6. The molecule has 1 atom stereocenters. The molecule has 1 N–H and O–H groups in total. The van der Waals surface area contributed by atoms with Crippen molar-refractivity contribution in [2.24, 2.45) is 0 Å². The Labute approximate surface area is 196 Å². The van der Waals surface area contributed by atoms with Crippen LogP contribution in [0.25, 0.3) is 0 Å². The third-order valence-electron chi connectivity index (χ3n) is 4.91. The molecule has 2 rings (SSSR count). The van der Waals surface area contributed by atoms with Crippen molar-refractivity contribution in [3.63, 3.8) is 0 Å². The smallest absolute Gasteiger partial charge is 0.244 e. The first kappa shape index (κ1) is 26.2. The number of benzene rings is 2. The monoisotopic (exact) mass is 475 g/mol. The second-order valence-electron chi connectivity index (χ2n) is 8.04. The number of anilines is 1. The Morgan fingerprint density at radius 2 is 1.61 bits per heavy atom. The number of amides is 2. The fourth-order valence-corrected chi connectivity index (χ4v) is 4.11. The zero-order valence-electron chi connectivity index (χ0n) is 19.8. The first-order valence-electron chi connectivity index (χ1n) is 10.9. The number of ether oxygens (including phenoxy) is 1. The highest BCUT2D eigenvalue weighted by Gasteiger charge is 2.30. The fourth-order valence-electron chi connectivity index (χ4n) is 3.26. The lowest BCUT2D eigenvalue weighted by Crippen LogP contribution is -2.52. The first-order chi connectivity index (χ1) is 15.5. The predicted octanol–water partition coefficient (Wildman–Crippen LogP) is 2.79. The molecule has 0 aliphatic heterocycles. The second kappa shape index (κ2) is 11.7. The summed E-state index contributed by atoms with van der Waals surface area (Å²) in [6.45, 7) is 7.40. The van der Waals surface area contributed by atoms with Crippen LogP contribution in [0, 0.1) is 0 Å². The normalized spacial score (nSPS) is 12.2. The number of sulfonamides is 1. The van der Waals surface area contributed by atoms with Gasteiger partial charge in [0.2, 0.25) is 21.8 Å². The number of carbonyl (C=O) groups is 2. The first-order valence-corrected chi connectivity index (χ1v) is 12.7. The molecule has 0 fully saturated rings. The minimum absolute atomic E-state index is 0.0926. The Morgan fingerprint density at radius 1 is 1.00 bits per heavy atom. The highest BCUT2D eigenvalue weighted by atomic mass is 32.2. The average Bonchev–Trinajstić information content (AvgIpc) is 2.75. The van der Waals surface area contributed by atoms with Crippen molar-refractivity contribution < 1.29 is 22.7 Å². The van der Waals surface area contributed by atoms with Crippen molar-refractivity contribution >= 4 is 27.5 Å². The zero-order chi connectivity index (χ0) is 24.6. The molecule has 2 aromatic carbocycles. The molecule has 0 aromatic heterocycles. The average molecular weight is 476 g/mol. The van der Waals surface area contributed by atoms with Crippen LogP contribution in [0.5, 0.6) is 5.75 Å². The SMILES string of the molecule is CCOc1ccc(N(CC(=O)N(Cc2ccccc2)C(C)C(=O)NC(C)C)S(C)(=O)=O)cc1. The highest BCUT2D eigenvalue weighted by Crippen LogP contribution is 2.22. The molecule has 0 saturated heterocycles. The van der Waals surface area contributed by atoms with Crippen LogP contribution in [0.4, 0.5) is 5.69 Å². The summed E-state index contributed by atoms with van der Waals surface area (Å²) in [5.41, 5.74) is 1.18. The van der Waals surface area contributed by atoms with E-state index in [1.807, 2.05) is 51.1 Å². The number of carbonyl (C=O) groups excluding carboxylic acids is 2. The lowest BCUT2D eigenvalue weighted by Gasteiger charge is -2.32. The fraction of sp³-hybridized carbons (Fsp3) is 0.417.